The van der Waals surface area contributed by atoms with Crippen LogP contribution in [0.25, 0.3) is 22.8 Å². The van der Waals surface area contributed by atoms with E-state index < -0.39 is 0 Å². The van der Waals surface area contributed by atoms with Crippen LogP contribution in [0.15, 0.2) is 35.0 Å². The summed E-state index contributed by atoms with van der Waals surface area (Å²) in [6, 6.07) is 9.07. The summed E-state index contributed by atoms with van der Waals surface area (Å²) in [6.45, 7) is 7.38. The first-order chi connectivity index (χ1) is 13.7. The summed E-state index contributed by atoms with van der Waals surface area (Å²) in [6.07, 6.45) is 5.38. The van der Waals surface area contributed by atoms with E-state index in [0.717, 1.165) is 48.6 Å². The summed E-state index contributed by atoms with van der Waals surface area (Å²) in [7, 11) is 0. The highest BCUT2D eigenvalue weighted by molar-refractivity contribution is 5.63. The highest BCUT2D eigenvalue weighted by atomic mass is 16.5. The molecule has 1 aromatic carbocycles. The van der Waals surface area contributed by atoms with E-state index >= 15 is 0 Å². The molecule has 5 rings (SSSR count). The van der Waals surface area contributed by atoms with Crippen molar-refractivity contribution in [2.75, 3.05) is 18.0 Å². The molecule has 1 unspecified atom stereocenters. The van der Waals surface area contributed by atoms with Crippen molar-refractivity contribution in [3.63, 3.8) is 0 Å². The van der Waals surface area contributed by atoms with Crippen molar-refractivity contribution in [3.05, 3.63) is 47.2 Å². The Morgan fingerprint density at radius 3 is 2.93 bits per heavy atom. The van der Waals surface area contributed by atoms with Crippen LogP contribution < -0.4 is 10.2 Å². The highest BCUT2D eigenvalue weighted by Crippen LogP contribution is 2.30. The number of rotatable bonds is 3. The van der Waals surface area contributed by atoms with Crippen LogP contribution in [-0.2, 0) is 13.0 Å². The number of nitrogens with one attached hydrogen (secondary N) is 1. The van der Waals surface area contributed by atoms with Gasteiger partial charge in [0.2, 0.25) is 5.82 Å². The summed E-state index contributed by atoms with van der Waals surface area (Å²) >= 11 is 0. The Hall–Kier alpha value is -2.73. The molecular weight excluding hydrogens is 350 g/mol. The highest BCUT2D eigenvalue weighted by Gasteiger charge is 2.23. The Morgan fingerprint density at radius 2 is 2.11 bits per heavy atom. The third-order valence-electron chi connectivity index (χ3n) is 5.90. The van der Waals surface area contributed by atoms with Gasteiger partial charge in [0.15, 0.2) is 0 Å². The average Bonchev–Trinajstić information content (AvgIpc) is 3.37. The zero-order valence-corrected chi connectivity index (χ0v) is 16.4. The van der Waals surface area contributed by atoms with Crippen LogP contribution in [0.1, 0.15) is 36.5 Å². The molecule has 1 N–H and O–H groups in total. The van der Waals surface area contributed by atoms with E-state index in [1.165, 1.54) is 24.0 Å². The quantitative estimate of drug-likeness (QED) is 0.752. The van der Waals surface area contributed by atoms with Gasteiger partial charge in [0.1, 0.15) is 5.82 Å². The lowest BCUT2D eigenvalue weighted by molar-refractivity contribution is 0.432. The van der Waals surface area contributed by atoms with Gasteiger partial charge in [-0.15, -0.1) is 0 Å². The van der Waals surface area contributed by atoms with E-state index in [1.807, 2.05) is 6.20 Å². The molecule has 2 aliphatic heterocycles. The first kappa shape index (κ1) is 17.4. The van der Waals surface area contributed by atoms with E-state index in [4.69, 9.17) is 9.51 Å². The van der Waals surface area contributed by atoms with E-state index in [0.29, 0.717) is 17.8 Å². The Kier molecular flexibility index (Phi) is 4.36. The van der Waals surface area contributed by atoms with Crippen LogP contribution in [0.3, 0.4) is 0 Å². The molecule has 1 fully saturated rings. The lowest BCUT2D eigenvalue weighted by Crippen LogP contribution is -2.27. The number of pyridine rings is 1. The molecule has 6 nitrogen and oxygen atoms in total. The summed E-state index contributed by atoms with van der Waals surface area (Å²) in [4.78, 5) is 11.7. The number of fused-ring (bicyclic) bond motifs is 1. The van der Waals surface area contributed by atoms with Gasteiger partial charge in [-0.2, -0.15) is 4.98 Å². The molecule has 3 aromatic rings. The maximum Gasteiger partial charge on any atom is 0.259 e. The minimum atomic E-state index is 0.516. The zero-order chi connectivity index (χ0) is 19.1. The van der Waals surface area contributed by atoms with Gasteiger partial charge in [0.05, 0.1) is 5.56 Å². The second-order valence-electron chi connectivity index (χ2n) is 7.88. The molecule has 0 amide bonds. The van der Waals surface area contributed by atoms with Crippen LogP contribution in [-0.4, -0.2) is 34.3 Å². The SMILES string of the molecule is Cc1cc(-c2nc(-c3ccc4c(c3)CNCC4)no2)cnc1N1CCCC1C. The van der Waals surface area contributed by atoms with Crippen molar-refractivity contribution < 1.29 is 4.52 Å². The van der Waals surface area contributed by atoms with Crippen molar-refractivity contribution >= 4 is 5.82 Å². The van der Waals surface area contributed by atoms with Crippen LogP contribution in [0.4, 0.5) is 5.82 Å². The standard InChI is InChI=1S/C22H25N5O/c1-14-10-19(13-24-21(14)27-9-3-4-15(27)2)22-25-20(26-28-22)17-6-5-16-7-8-23-12-18(16)11-17/h5-6,10-11,13,15,23H,3-4,7-9,12H2,1-2H3. The van der Waals surface area contributed by atoms with Crippen molar-refractivity contribution in [1.29, 1.82) is 0 Å². The third kappa shape index (κ3) is 3.07. The van der Waals surface area contributed by atoms with Crippen LogP contribution in [0, 0.1) is 6.92 Å². The van der Waals surface area contributed by atoms with Crippen molar-refractivity contribution in [2.24, 2.45) is 0 Å². The molecule has 2 aromatic heterocycles. The van der Waals surface area contributed by atoms with E-state index in [-0.39, 0.29) is 0 Å². The summed E-state index contributed by atoms with van der Waals surface area (Å²) in [5.41, 5.74) is 5.72. The Morgan fingerprint density at radius 1 is 1.18 bits per heavy atom. The largest absolute Gasteiger partial charge is 0.354 e. The smallest absolute Gasteiger partial charge is 0.259 e. The minimum Gasteiger partial charge on any atom is -0.354 e. The maximum atomic E-state index is 5.56. The second-order valence-corrected chi connectivity index (χ2v) is 7.88. The van der Waals surface area contributed by atoms with Gasteiger partial charge in [-0.25, -0.2) is 4.98 Å². The van der Waals surface area contributed by atoms with Crippen molar-refractivity contribution in [2.45, 2.75) is 45.7 Å². The topological polar surface area (TPSA) is 67.1 Å². The molecule has 0 radical (unpaired) electrons. The molecule has 0 bridgehead atoms. The fourth-order valence-electron chi connectivity index (χ4n) is 4.31. The Balaban J connectivity index is 1.42. The lowest BCUT2D eigenvalue weighted by Gasteiger charge is -2.24. The summed E-state index contributed by atoms with van der Waals surface area (Å²) in [5, 5.41) is 7.62. The van der Waals surface area contributed by atoms with Crippen LogP contribution in [0.5, 0.6) is 0 Å². The first-order valence-corrected chi connectivity index (χ1v) is 10.1. The second kappa shape index (κ2) is 7.02. The number of hydrogen-bond acceptors (Lipinski definition) is 6. The van der Waals surface area contributed by atoms with Gasteiger partial charge in [-0.05, 0) is 68.5 Å². The molecule has 0 saturated carbocycles. The molecule has 0 spiro atoms. The molecule has 1 atom stereocenters. The van der Waals surface area contributed by atoms with Gasteiger partial charge in [0, 0.05) is 30.9 Å². The fraction of sp³-hybridized carbons (Fsp3) is 0.409. The molecule has 1 saturated heterocycles. The van der Waals surface area contributed by atoms with E-state index in [9.17, 15) is 0 Å². The molecule has 144 valence electrons. The number of aryl methyl sites for hydroxylation is 1. The van der Waals surface area contributed by atoms with Gasteiger partial charge in [-0.1, -0.05) is 17.3 Å². The monoisotopic (exact) mass is 375 g/mol. The normalized spacial score (nSPS) is 19.1. The average molecular weight is 375 g/mol. The predicted molar refractivity (Wildman–Crippen MR) is 109 cm³/mol. The summed E-state index contributed by atoms with van der Waals surface area (Å²) < 4.78 is 5.56. The number of anilines is 1. The third-order valence-corrected chi connectivity index (χ3v) is 5.90. The number of nitrogens with zero attached hydrogens (tertiary/aromatic N) is 4. The zero-order valence-electron chi connectivity index (χ0n) is 16.4. The van der Waals surface area contributed by atoms with Crippen LogP contribution in [0.2, 0.25) is 0 Å². The lowest BCUT2D eigenvalue weighted by atomic mass is 9.98. The Bertz CT molecular complexity index is 1010. The fourth-order valence-corrected chi connectivity index (χ4v) is 4.31. The Labute approximate surface area is 165 Å². The van der Waals surface area contributed by atoms with Crippen LogP contribution >= 0.6 is 0 Å². The molecule has 28 heavy (non-hydrogen) atoms. The molecule has 6 heteroatoms. The van der Waals surface area contributed by atoms with Gasteiger partial charge in [-0.3, -0.25) is 0 Å². The number of aromatic nitrogens is 3. The van der Waals surface area contributed by atoms with E-state index in [2.05, 4.69) is 58.5 Å². The molecular formula is C22H25N5O. The summed E-state index contributed by atoms with van der Waals surface area (Å²) in [5.74, 6) is 2.21. The van der Waals surface area contributed by atoms with Gasteiger partial charge < -0.3 is 14.7 Å². The number of hydrogen-bond donors (Lipinski definition) is 1. The molecule has 4 heterocycles. The first-order valence-electron chi connectivity index (χ1n) is 10.1. The maximum absolute atomic E-state index is 5.56. The molecule has 0 aliphatic carbocycles. The van der Waals surface area contributed by atoms with Gasteiger partial charge >= 0.3 is 0 Å². The molecule has 2 aliphatic rings. The predicted octanol–water partition coefficient (Wildman–Crippen LogP) is 3.74. The minimum absolute atomic E-state index is 0.516. The number of benzene rings is 1. The van der Waals surface area contributed by atoms with E-state index in [1.54, 1.807) is 0 Å². The van der Waals surface area contributed by atoms with Gasteiger partial charge in [0.25, 0.3) is 5.89 Å². The van der Waals surface area contributed by atoms with Crippen molar-refractivity contribution in [1.82, 2.24) is 20.4 Å². The van der Waals surface area contributed by atoms with Crippen molar-refractivity contribution in [3.8, 4) is 22.8 Å².